The topological polar surface area (TPSA) is 0 Å². The average molecular weight is 869 g/mol. The van der Waals surface area contributed by atoms with Crippen LogP contribution >= 0.6 is 8.58 Å². The van der Waals surface area contributed by atoms with Crippen LogP contribution in [0.5, 0.6) is 0 Å². The summed E-state index contributed by atoms with van der Waals surface area (Å²) in [7, 11) is 1.31. The Morgan fingerprint density at radius 2 is 1.03 bits per heavy atom. The maximum Gasteiger partial charge on any atom is -0.0176 e. The third kappa shape index (κ3) is 13.4. The van der Waals surface area contributed by atoms with Crippen LogP contribution in [-0.4, -0.2) is 11.3 Å². The van der Waals surface area contributed by atoms with Gasteiger partial charge in [0.2, 0.25) is 0 Å². The van der Waals surface area contributed by atoms with Crippen molar-refractivity contribution in [2.75, 3.05) is 0 Å². The van der Waals surface area contributed by atoms with Gasteiger partial charge in [-0.1, -0.05) is 199 Å². The first-order chi connectivity index (χ1) is 30.6. The van der Waals surface area contributed by atoms with Crippen molar-refractivity contribution in [2.45, 2.75) is 281 Å². The molecule has 1 heteroatoms. The predicted octanol–water partition coefficient (Wildman–Crippen LogP) is 19.3. The summed E-state index contributed by atoms with van der Waals surface area (Å²) < 4.78 is 0. The van der Waals surface area contributed by atoms with Gasteiger partial charge in [0.25, 0.3) is 0 Å². The van der Waals surface area contributed by atoms with Gasteiger partial charge in [0.1, 0.15) is 0 Å². The van der Waals surface area contributed by atoms with Gasteiger partial charge in [0.05, 0.1) is 0 Å². The van der Waals surface area contributed by atoms with Crippen LogP contribution in [0.1, 0.15) is 270 Å². The Morgan fingerprint density at radius 3 is 1.79 bits per heavy atom. The molecule has 2 saturated heterocycles. The lowest BCUT2D eigenvalue weighted by Gasteiger charge is -2.51. The summed E-state index contributed by atoms with van der Waals surface area (Å²) in [5.74, 6) is 15.5. The molecule has 0 radical (unpaired) electrons. The van der Waals surface area contributed by atoms with E-state index in [9.17, 15) is 0 Å². The van der Waals surface area contributed by atoms with E-state index in [0.717, 1.165) is 100 Å². The standard InChI is InChI=1S/C61H105P/c1-45-18-17-26-55-43-56(62-55)44-61-57(45)27-15-16-29-59(61)60-42-52-23-9-4-5-12-25-54(41-52)58(60)28-14-13-24-51-38-49-21-7-2-3-8-22-50(37-49)39-53(40-51)36-48-34-32-47(33-35-48)31-30-46-19-10-6-11-20-46/h15,27,45-62H,2-14,16-26,28-44H2,1H3/t45?,47?,48?,49?,50?,51?,52?,53?,54?,55?,56?,57?,58?,59?,60-,61+/m1/s1. The van der Waals surface area contributed by atoms with Gasteiger partial charge in [-0.2, -0.15) is 0 Å². The number of hydrogen-bond donors (Lipinski definition) is 0. The minimum absolute atomic E-state index is 0.880. The lowest BCUT2D eigenvalue weighted by molar-refractivity contribution is 0.00663. The Bertz CT molecular complexity index is 1280. The summed E-state index contributed by atoms with van der Waals surface area (Å²) >= 11 is 0. The van der Waals surface area contributed by atoms with Crippen LogP contribution in [0.3, 0.4) is 0 Å². The van der Waals surface area contributed by atoms with Crippen LogP contribution in [0, 0.1) is 88.8 Å². The quantitative estimate of drug-likeness (QED) is 0.110. The highest BCUT2D eigenvalue weighted by Crippen LogP contribution is 2.57. The normalized spacial score (nSPS) is 44.6. The number of fused-ring (bicyclic) bond motifs is 7. The summed E-state index contributed by atoms with van der Waals surface area (Å²) in [5, 5.41) is 0. The fraction of sp³-hybridized carbons (Fsp3) is 0.967. The van der Waals surface area contributed by atoms with E-state index in [1.807, 2.05) is 0 Å². The molecule has 0 N–H and O–H groups in total. The molecule has 15 atom stereocenters. The molecule has 0 amide bonds. The maximum atomic E-state index is 2.84. The molecule has 13 unspecified atom stereocenters. The molecule has 0 aromatic carbocycles. The van der Waals surface area contributed by atoms with E-state index < -0.39 is 0 Å². The molecule has 0 spiro atoms. The van der Waals surface area contributed by atoms with Gasteiger partial charge in [-0.3, -0.25) is 0 Å². The van der Waals surface area contributed by atoms with Gasteiger partial charge in [0.15, 0.2) is 0 Å². The zero-order valence-electron chi connectivity index (χ0n) is 41.5. The highest BCUT2D eigenvalue weighted by molar-refractivity contribution is 7.41. The highest BCUT2D eigenvalue weighted by Gasteiger charge is 2.47. The Kier molecular flexibility index (Phi) is 18.6. The average Bonchev–Trinajstić information content (AvgIpc) is 3.32. The first-order valence-electron chi connectivity index (χ1n) is 30.0. The molecule has 2 heterocycles. The molecule has 6 bridgehead atoms. The van der Waals surface area contributed by atoms with Crippen molar-refractivity contribution in [2.24, 2.45) is 88.8 Å². The lowest BCUT2D eigenvalue weighted by Crippen LogP contribution is -2.43. The minimum Gasteiger partial charge on any atom is -0.116 e. The number of allylic oxidation sites excluding steroid dienone is 2. The summed E-state index contributed by atoms with van der Waals surface area (Å²) in [6, 6.07) is 0. The minimum atomic E-state index is 0.880. The second-order valence-electron chi connectivity index (χ2n) is 26.2. The summed E-state index contributed by atoms with van der Waals surface area (Å²) in [6.07, 6.45) is 69.9. The summed E-state index contributed by atoms with van der Waals surface area (Å²) in [4.78, 5) is 0. The van der Waals surface area contributed by atoms with Crippen LogP contribution in [0.25, 0.3) is 0 Å². The van der Waals surface area contributed by atoms with Crippen LogP contribution in [0.4, 0.5) is 0 Å². The van der Waals surface area contributed by atoms with Crippen LogP contribution in [0.2, 0.25) is 0 Å². The molecule has 8 aliphatic carbocycles. The van der Waals surface area contributed by atoms with E-state index in [2.05, 4.69) is 19.1 Å². The molecule has 62 heavy (non-hydrogen) atoms. The van der Waals surface area contributed by atoms with Gasteiger partial charge in [-0.15, -0.1) is 8.58 Å². The van der Waals surface area contributed by atoms with Crippen molar-refractivity contribution in [3.63, 3.8) is 0 Å². The largest absolute Gasteiger partial charge is 0.116 e. The van der Waals surface area contributed by atoms with Crippen LogP contribution in [-0.2, 0) is 0 Å². The second-order valence-corrected chi connectivity index (χ2v) is 28.1. The van der Waals surface area contributed by atoms with E-state index in [1.54, 1.807) is 193 Å². The molecule has 10 rings (SSSR count). The van der Waals surface area contributed by atoms with Gasteiger partial charge >= 0.3 is 0 Å². The Hall–Kier alpha value is 0.170. The van der Waals surface area contributed by atoms with Crippen LogP contribution in [0.15, 0.2) is 12.2 Å². The fourth-order valence-electron chi connectivity index (χ4n) is 18.6. The van der Waals surface area contributed by atoms with E-state index in [1.165, 1.54) is 79.2 Å². The zero-order valence-corrected chi connectivity index (χ0v) is 42.5. The monoisotopic (exact) mass is 869 g/mol. The summed E-state index contributed by atoms with van der Waals surface area (Å²) in [6.45, 7) is 2.70. The Morgan fingerprint density at radius 1 is 0.403 bits per heavy atom. The van der Waals surface area contributed by atoms with Crippen molar-refractivity contribution >= 4 is 8.58 Å². The first kappa shape index (κ1) is 47.2. The molecular formula is C61H105P. The Balaban J connectivity index is 0.844. The Labute approximate surface area is 389 Å². The van der Waals surface area contributed by atoms with Crippen molar-refractivity contribution < 1.29 is 0 Å². The zero-order chi connectivity index (χ0) is 41.9. The van der Waals surface area contributed by atoms with Crippen molar-refractivity contribution in [3.8, 4) is 0 Å². The van der Waals surface area contributed by atoms with Crippen molar-refractivity contribution in [3.05, 3.63) is 12.2 Å². The van der Waals surface area contributed by atoms with E-state index in [4.69, 9.17) is 0 Å². The molecule has 2 aliphatic heterocycles. The van der Waals surface area contributed by atoms with E-state index in [-0.39, 0.29) is 0 Å². The van der Waals surface area contributed by atoms with E-state index >= 15 is 0 Å². The number of rotatable bonds is 11. The molecular weight excluding hydrogens is 764 g/mol. The van der Waals surface area contributed by atoms with Gasteiger partial charge in [-0.05, 0) is 184 Å². The number of hydrogen-bond acceptors (Lipinski definition) is 0. The summed E-state index contributed by atoms with van der Waals surface area (Å²) in [5.41, 5.74) is 2.21. The maximum absolute atomic E-state index is 2.84. The molecule has 0 aromatic heterocycles. The molecule has 9 fully saturated rings. The highest BCUT2D eigenvalue weighted by atomic mass is 31.1. The second kappa shape index (κ2) is 24.5. The van der Waals surface area contributed by atoms with E-state index in [0.29, 0.717) is 0 Å². The van der Waals surface area contributed by atoms with Gasteiger partial charge in [0, 0.05) is 0 Å². The predicted molar refractivity (Wildman–Crippen MR) is 272 cm³/mol. The smallest absolute Gasteiger partial charge is 0.0176 e. The third-order valence-electron chi connectivity index (χ3n) is 21.8. The van der Waals surface area contributed by atoms with Crippen LogP contribution < -0.4 is 0 Å². The molecule has 0 aromatic rings. The molecule has 0 nitrogen and oxygen atoms in total. The first-order valence-corrected chi connectivity index (χ1v) is 31.2. The van der Waals surface area contributed by atoms with Gasteiger partial charge < -0.3 is 0 Å². The number of unbranched alkanes of at least 4 members (excludes halogenated alkanes) is 1. The van der Waals surface area contributed by atoms with Gasteiger partial charge in [-0.25, -0.2) is 0 Å². The lowest BCUT2D eigenvalue weighted by atomic mass is 9.56. The third-order valence-corrected chi connectivity index (χ3v) is 23.7. The molecule has 354 valence electrons. The SMILES string of the molecule is CC1CCCC2CC(C[C@H]3C1C=CCCC3[C@@H]1CC3CCCCCCC(C3)C1CCCCC1CC3CCCCCCC(C3)CC(CC3CCC(CCC4CCCCC4)CC3)C1)P2. The molecule has 10 aliphatic rings. The fourth-order valence-corrected chi connectivity index (χ4v) is 20.4. The molecule has 7 saturated carbocycles. The van der Waals surface area contributed by atoms with Crippen molar-refractivity contribution in [1.29, 1.82) is 0 Å². The van der Waals surface area contributed by atoms with Crippen molar-refractivity contribution in [1.82, 2.24) is 0 Å².